The molecule has 22 heavy (non-hydrogen) atoms. The van der Waals surface area contributed by atoms with Crippen LogP contribution >= 0.6 is 0 Å². The maximum atomic E-state index is 12.8. The van der Waals surface area contributed by atoms with E-state index in [-0.39, 0.29) is 16.8 Å². The molecule has 0 N–H and O–H groups in total. The summed E-state index contributed by atoms with van der Waals surface area (Å²) in [7, 11) is 0. The van der Waals surface area contributed by atoms with Crippen LogP contribution in [0.5, 0.6) is 0 Å². The quantitative estimate of drug-likeness (QED) is 0.789. The van der Waals surface area contributed by atoms with Crippen molar-refractivity contribution in [3.8, 4) is 0 Å². The van der Waals surface area contributed by atoms with E-state index in [2.05, 4.69) is 48.5 Å². The fourth-order valence-electron chi connectivity index (χ4n) is 5.59. The second-order valence-corrected chi connectivity index (χ2v) is 6.88. The number of cyclic esters (lactones) is 1. The van der Waals surface area contributed by atoms with Gasteiger partial charge in [0.15, 0.2) is 0 Å². The summed E-state index contributed by atoms with van der Waals surface area (Å²) in [6, 6.07) is 21.1. The molecule has 2 heteroatoms. The summed E-state index contributed by atoms with van der Waals surface area (Å²) in [5, 5.41) is 0. The Labute approximate surface area is 130 Å². The van der Waals surface area contributed by atoms with Gasteiger partial charge in [0.2, 0.25) is 0 Å². The fraction of sp³-hybridized carbons (Fsp3) is 0.350. The van der Waals surface area contributed by atoms with Gasteiger partial charge in [-0.05, 0) is 29.9 Å². The molecule has 2 saturated carbocycles. The lowest BCUT2D eigenvalue weighted by Gasteiger charge is -2.24. The van der Waals surface area contributed by atoms with E-state index in [9.17, 15) is 4.79 Å². The molecule has 2 aliphatic carbocycles. The van der Waals surface area contributed by atoms with Crippen LogP contribution in [-0.2, 0) is 14.9 Å². The van der Waals surface area contributed by atoms with Crippen molar-refractivity contribution in [2.45, 2.75) is 24.2 Å². The summed E-state index contributed by atoms with van der Waals surface area (Å²) in [6.45, 7) is 0.559. The smallest absolute Gasteiger partial charge is 0.314 e. The van der Waals surface area contributed by atoms with Gasteiger partial charge in [0.05, 0.1) is 10.8 Å². The number of carbonyl (C=O) groups excluding carboxylic acids is 1. The van der Waals surface area contributed by atoms with Crippen molar-refractivity contribution in [3.63, 3.8) is 0 Å². The molecule has 2 aromatic rings. The molecule has 0 bridgehead atoms. The standard InChI is InChI=1S/C20H18O2/c21-18-20-16(14-7-3-1-4-8-14)11-12-17(20)19(20,13-22-18)15-9-5-2-6-10-15/h1-10,16-17H,11-13H2/t16-,17?,19+,20?/m0/s1. The molecule has 0 aromatic heterocycles. The van der Waals surface area contributed by atoms with Crippen molar-refractivity contribution < 1.29 is 9.53 Å². The first kappa shape index (κ1) is 12.5. The number of carbonyl (C=O) groups is 1. The van der Waals surface area contributed by atoms with E-state index in [1.165, 1.54) is 11.1 Å². The second kappa shape index (κ2) is 4.01. The Morgan fingerprint density at radius 3 is 2.32 bits per heavy atom. The molecule has 4 atom stereocenters. The molecule has 5 rings (SSSR count). The summed E-state index contributed by atoms with van der Waals surface area (Å²) in [5.74, 6) is 0.787. The number of hydrogen-bond acceptors (Lipinski definition) is 2. The Kier molecular flexibility index (Phi) is 2.27. The molecular weight excluding hydrogens is 272 g/mol. The van der Waals surface area contributed by atoms with E-state index in [0.29, 0.717) is 18.4 Å². The summed E-state index contributed by atoms with van der Waals surface area (Å²) < 4.78 is 5.59. The molecule has 2 nitrogen and oxygen atoms in total. The van der Waals surface area contributed by atoms with Crippen molar-refractivity contribution in [1.82, 2.24) is 0 Å². The normalized spacial score (nSPS) is 38.3. The van der Waals surface area contributed by atoms with Crippen molar-refractivity contribution in [1.29, 1.82) is 0 Å². The molecule has 0 radical (unpaired) electrons. The maximum Gasteiger partial charge on any atom is 0.314 e. The van der Waals surface area contributed by atoms with Gasteiger partial charge in [0, 0.05) is 5.92 Å². The van der Waals surface area contributed by atoms with Gasteiger partial charge in [-0.2, -0.15) is 0 Å². The molecule has 0 amide bonds. The molecule has 2 unspecified atom stereocenters. The average Bonchev–Trinajstić information content (AvgIpc) is 2.85. The molecule has 1 saturated heterocycles. The Hall–Kier alpha value is -2.09. The molecular formula is C20H18O2. The summed E-state index contributed by atoms with van der Waals surface area (Å²) in [5.41, 5.74) is 2.19. The topological polar surface area (TPSA) is 26.3 Å². The van der Waals surface area contributed by atoms with Gasteiger partial charge in [-0.1, -0.05) is 60.7 Å². The van der Waals surface area contributed by atoms with E-state index in [4.69, 9.17) is 4.74 Å². The summed E-state index contributed by atoms with van der Waals surface area (Å²) in [4.78, 5) is 12.8. The average molecular weight is 290 g/mol. The van der Waals surface area contributed by atoms with Gasteiger partial charge in [0.25, 0.3) is 0 Å². The van der Waals surface area contributed by atoms with Crippen molar-refractivity contribution in [3.05, 3.63) is 71.8 Å². The lowest BCUT2D eigenvalue weighted by molar-refractivity contribution is -0.145. The predicted octanol–water partition coefficient (Wildman–Crippen LogP) is 3.68. The molecule has 110 valence electrons. The third kappa shape index (κ3) is 1.18. The summed E-state index contributed by atoms with van der Waals surface area (Å²) in [6.07, 6.45) is 2.22. The van der Waals surface area contributed by atoms with Crippen LogP contribution in [0.4, 0.5) is 0 Å². The van der Waals surface area contributed by atoms with Gasteiger partial charge in [-0.15, -0.1) is 0 Å². The van der Waals surface area contributed by atoms with Crippen LogP contribution in [0.1, 0.15) is 29.9 Å². The third-order valence-corrected chi connectivity index (χ3v) is 6.35. The van der Waals surface area contributed by atoms with E-state index in [1.807, 2.05) is 12.1 Å². The zero-order valence-electron chi connectivity index (χ0n) is 12.4. The Morgan fingerprint density at radius 1 is 0.909 bits per heavy atom. The van der Waals surface area contributed by atoms with Crippen LogP contribution in [0.15, 0.2) is 60.7 Å². The van der Waals surface area contributed by atoms with Crippen molar-refractivity contribution in [2.75, 3.05) is 6.61 Å². The van der Waals surface area contributed by atoms with Gasteiger partial charge >= 0.3 is 5.97 Å². The lowest BCUT2D eigenvalue weighted by atomic mass is 9.75. The number of rotatable bonds is 2. The molecule has 3 fully saturated rings. The van der Waals surface area contributed by atoms with Gasteiger partial charge in [0.1, 0.15) is 6.61 Å². The van der Waals surface area contributed by atoms with Crippen LogP contribution in [0, 0.1) is 11.3 Å². The summed E-state index contributed by atoms with van der Waals surface area (Å²) >= 11 is 0. The fourth-order valence-corrected chi connectivity index (χ4v) is 5.59. The Bertz CT molecular complexity index is 739. The zero-order chi connectivity index (χ0) is 14.8. The van der Waals surface area contributed by atoms with Gasteiger partial charge in [-0.25, -0.2) is 0 Å². The van der Waals surface area contributed by atoms with E-state index < -0.39 is 0 Å². The monoisotopic (exact) mass is 290 g/mol. The largest absolute Gasteiger partial charge is 0.464 e. The Balaban J connectivity index is 1.67. The zero-order valence-corrected chi connectivity index (χ0v) is 12.4. The number of esters is 1. The van der Waals surface area contributed by atoms with E-state index in [0.717, 1.165) is 12.8 Å². The van der Waals surface area contributed by atoms with Gasteiger partial charge < -0.3 is 4.74 Å². The van der Waals surface area contributed by atoms with Gasteiger partial charge in [-0.3, -0.25) is 4.79 Å². The van der Waals surface area contributed by atoms with Crippen molar-refractivity contribution in [2.24, 2.45) is 11.3 Å². The minimum absolute atomic E-state index is 0.0349. The van der Waals surface area contributed by atoms with Crippen LogP contribution in [0.3, 0.4) is 0 Å². The molecule has 1 spiro atoms. The van der Waals surface area contributed by atoms with E-state index in [1.54, 1.807) is 0 Å². The highest BCUT2D eigenvalue weighted by molar-refractivity contribution is 5.91. The van der Waals surface area contributed by atoms with Crippen LogP contribution in [-0.4, -0.2) is 12.6 Å². The minimum atomic E-state index is -0.310. The highest BCUT2D eigenvalue weighted by atomic mass is 16.5. The number of benzene rings is 2. The SMILES string of the molecule is O=C1OC[C@@]2(c3ccccc3)C3CC[C@@H](c4ccccc4)C132. The highest BCUT2D eigenvalue weighted by Crippen LogP contribution is 2.83. The predicted molar refractivity (Wildman–Crippen MR) is 83.4 cm³/mol. The third-order valence-electron chi connectivity index (χ3n) is 6.35. The second-order valence-electron chi connectivity index (χ2n) is 6.88. The van der Waals surface area contributed by atoms with Crippen LogP contribution in [0.25, 0.3) is 0 Å². The first-order valence-electron chi connectivity index (χ1n) is 8.09. The number of fused-ring (bicyclic) bond motifs is 1. The molecule has 1 heterocycles. The first-order chi connectivity index (χ1) is 10.8. The highest BCUT2D eigenvalue weighted by Gasteiger charge is 2.89. The maximum absolute atomic E-state index is 12.8. The van der Waals surface area contributed by atoms with Crippen LogP contribution in [0.2, 0.25) is 0 Å². The minimum Gasteiger partial charge on any atom is -0.464 e. The Morgan fingerprint density at radius 2 is 1.59 bits per heavy atom. The molecule has 1 aliphatic heterocycles. The molecule has 3 aliphatic rings. The number of ether oxygens (including phenoxy) is 1. The lowest BCUT2D eigenvalue weighted by Crippen LogP contribution is -2.26. The van der Waals surface area contributed by atoms with Crippen molar-refractivity contribution >= 4 is 5.97 Å². The van der Waals surface area contributed by atoms with Crippen LogP contribution < -0.4 is 0 Å². The molecule has 2 aromatic carbocycles. The first-order valence-corrected chi connectivity index (χ1v) is 8.09. The van der Waals surface area contributed by atoms with E-state index >= 15 is 0 Å². The number of hydrogen-bond donors (Lipinski definition) is 0.